The molecule has 6 N–H and O–H groups in total. The van der Waals surface area contributed by atoms with Gasteiger partial charge in [-0.2, -0.15) is 0 Å². The van der Waals surface area contributed by atoms with E-state index < -0.39 is 36.2 Å². The van der Waals surface area contributed by atoms with Crippen LogP contribution in [0.15, 0.2) is 88.3 Å². The summed E-state index contributed by atoms with van der Waals surface area (Å²) in [6, 6.07) is 18.6. The van der Waals surface area contributed by atoms with Crippen LogP contribution in [-0.2, 0) is 16.0 Å². The average Bonchev–Trinajstić information content (AvgIpc) is 3.08. The summed E-state index contributed by atoms with van der Waals surface area (Å²) in [7, 11) is 0. The highest BCUT2D eigenvalue weighted by Crippen LogP contribution is 2.33. The van der Waals surface area contributed by atoms with Crippen LogP contribution in [0.3, 0.4) is 0 Å². The zero-order chi connectivity index (χ0) is 34.4. The smallest absolute Gasteiger partial charge is 0.335 e. The summed E-state index contributed by atoms with van der Waals surface area (Å²) in [4.78, 5) is 25.0. The number of hydrogen-bond donors (Lipinski definition) is 6. The van der Waals surface area contributed by atoms with Gasteiger partial charge in [0.1, 0.15) is 35.6 Å². The number of phenols is 1. The van der Waals surface area contributed by atoms with Crippen molar-refractivity contribution in [1.82, 2.24) is 5.32 Å². The Bertz CT molecular complexity index is 1800. The number of benzene rings is 3. The summed E-state index contributed by atoms with van der Waals surface area (Å²) >= 11 is 0. The molecule has 4 aromatic rings. The number of allylic oxidation sites excluding steroid dienone is 1. The first-order chi connectivity index (χ1) is 23.0. The number of aromatic hydroxyl groups is 1. The first kappa shape index (κ1) is 34.8. The Balaban J connectivity index is 1.27. The number of aliphatic hydroxyl groups excluding tert-OH is 2. The Kier molecular flexibility index (Phi) is 11.0. The van der Waals surface area contributed by atoms with Crippen molar-refractivity contribution in [2.75, 3.05) is 13.1 Å². The summed E-state index contributed by atoms with van der Waals surface area (Å²) in [6.07, 6.45) is 0.583. The molecule has 1 aliphatic heterocycles. The van der Waals surface area contributed by atoms with Crippen molar-refractivity contribution in [3.63, 3.8) is 0 Å². The molecule has 5 rings (SSSR count). The molecule has 1 aromatic heterocycles. The first-order valence-corrected chi connectivity index (χ1v) is 16.0. The normalized spacial score (nSPS) is 23.4. The lowest BCUT2D eigenvalue weighted by molar-refractivity contribution is -0.311. The second-order valence-electron chi connectivity index (χ2n) is 12.2. The third-order valence-corrected chi connectivity index (χ3v) is 8.73. The molecule has 254 valence electrons. The van der Waals surface area contributed by atoms with Crippen molar-refractivity contribution >= 4 is 23.0 Å². The Labute approximate surface area is 277 Å². The lowest BCUT2D eigenvalue weighted by Crippen LogP contribution is -2.71. The summed E-state index contributed by atoms with van der Waals surface area (Å²) in [6.45, 7) is 4.39. The van der Waals surface area contributed by atoms with Gasteiger partial charge in [-0.3, -0.25) is 4.79 Å². The Morgan fingerprint density at radius 2 is 1.85 bits per heavy atom. The van der Waals surface area contributed by atoms with Crippen LogP contribution in [0.25, 0.3) is 28.2 Å². The number of aryl methyl sites for hydroxylation is 1. The first-order valence-electron chi connectivity index (χ1n) is 16.0. The highest BCUT2D eigenvalue weighted by molar-refractivity contribution is 5.82. The average molecular weight is 660 g/mol. The molecular formula is C37H41NO10. The molecule has 11 heteroatoms. The minimum atomic E-state index is -2.25. The van der Waals surface area contributed by atoms with Crippen LogP contribution in [0.5, 0.6) is 11.5 Å². The van der Waals surface area contributed by atoms with Crippen molar-refractivity contribution in [1.29, 1.82) is 0 Å². The van der Waals surface area contributed by atoms with Crippen molar-refractivity contribution in [3.05, 3.63) is 100 Å². The molecule has 0 radical (unpaired) electrons. The van der Waals surface area contributed by atoms with Crippen LogP contribution < -0.4 is 15.5 Å². The van der Waals surface area contributed by atoms with E-state index in [2.05, 4.69) is 43.4 Å². The molecule has 0 aliphatic carbocycles. The number of phenolic OH excluding ortho intramolecular Hbond substituents is 1. The van der Waals surface area contributed by atoms with Gasteiger partial charge in [0, 0.05) is 12.6 Å². The molecule has 0 amide bonds. The Morgan fingerprint density at radius 3 is 2.58 bits per heavy atom. The minimum Gasteiger partial charge on any atom is -0.508 e. The molecule has 2 heterocycles. The van der Waals surface area contributed by atoms with Crippen molar-refractivity contribution < 1.29 is 44.2 Å². The zero-order valence-corrected chi connectivity index (χ0v) is 26.8. The second kappa shape index (κ2) is 15.1. The lowest BCUT2D eigenvalue weighted by Gasteiger charge is -2.46. The maximum atomic E-state index is 13.2. The number of aliphatic carboxylic acids is 1. The van der Waals surface area contributed by atoms with E-state index in [9.17, 15) is 35.1 Å². The number of ether oxygens (including phenoxy) is 2. The number of carboxylic acid groups (broad SMARTS) is 1. The van der Waals surface area contributed by atoms with E-state index in [-0.39, 0.29) is 40.0 Å². The van der Waals surface area contributed by atoms with Crippen LogP contribution in [0.2, 0.25) is 0 Å². The molecule has 0 unspecified atom stereocenters. The fraction of sp³-hybridized carbons (Fsp3) is 0.351. The van der Waals surface area contributed by atoms with E-state index >= 15 is 0 Å². The van der Waals surface area contributed by atoms with Crippen LogP contribution in [-0.4, -0.2) is 74.8 Å². The fourth-order valence-corrected chi connectivity index (χ4v) is 5.80. The van der Waals surface area contributed by atoms with Gasteiger partial charge in [0.25, 0.3) is 0 Å². The van der Waals surface area contributed by atoms with Crippen LogP contribution in [0.1, 0.15) is 37.8 Å². The third kappa shape index (κ3) is 7.61. The monoisotopic (exact) mass is 659 g/mol. The molecule has 3 aromatic carbocycles. The Morgan fingerprint density at radius 1 is 1.10 bits per heavy atom. The summed E-state index contributed by atoms with van der Waals surface area (Å²) in [5, 5.41) is 55.6. The maximum Gasteiger partial charge on any atom is 0.335 e. The summed E-state index contributed by atoms with van der Waals surface area (Å²) < 4.78 is 17.1. The highest BCUT2D eigenvalue weighted by atomic mass is 16.7. The van der Waals surface area contributed by atoms with E-state index in [1.54, 1.807) is 12.1 Å². The highest BCUT2D eigenvalue weighted by Gasteiger charge is 2.58. The number of carbonyl (C=O) groups is 1. The molecule has 48 heavy (non-hydrogen) atoms. The van der Waals surface area contributed by atoms with E-state index in [0.717, 1.165) is 19.3 Å². The molecule has 1 aliphatic rings. The zero-order valence-electron chi connectivity index (χ0n) is 26.8. The largest absolute Gasteiger partial charge is 0.508 e. The summed E-state index contributed by atoms with van der Waals surface area (Å²) in [5.41, 5.74) is 0.861. The number of aliphatic hydroxyl groups is 3. The van der Waals surface area contributed by atoms with Gasteiger partial charge in [-0.25, -0.2) is 4.79 Å². The molecule has 0 bridgehead atoms. The number of carboxylic acids is 1. The number of rotatable bonds is 13. The predicted octanol–water partition coefficient (Wildman–Crippen LogP) is 4.09. The van der Waals surface area contributed by atoms with Gasteiger partial charge in [0.05, 0.1) is 10.9 Å². The van der Waals surface area contributed by atoms with Crippen LogP contribution in [0, 0.1) is 5.92 Å². The third-order valence-electron chi connectivity index (χ3n) is 8.73. The van der Waals surface area contributed by atoms with Gasteiger partial charge in [0.15, 0.2) is 17.1 Å². The van der Waals surface area contributed by atoms with Crippen molar-refractivity contribution in [3.8, 4) is 22.6 Å². The van der Waals surface area contributed by atoms with Gasteiger partial charge >= 0.3 is 5.97 Å². The molecule has 1 fully saturated rings. The minimum absolute atomic E-state index is 0.0560. The van der Waals surface area contributed by atoms with Gasteiger partial charge < -0.3 is 44.7 Å². The lowest BCUT2D eigenvalue weighted by atomic mass is 9.86. The van der Waals surface area contributed by atoms with Gasteiger partial charge in [-0.15, -0.1) is 0 Å². The van der Waals surface area contributed by atoms with E-state index in [1.807, 2.05) is 12.1 Å². The molecule has 6 atom stereocenters. The molecular weight excluding hydrogens is 618 g/mol. The van der Waals surface area contributed by atoms with Gasteiger partial charge in [0.2, 0.25) is 6.29 Å². The quantitative estimate of drug-likeness (QED) is 0.114. The summed E-state index contributed by atoms with van der Waals surface area (Å²) in [5.74, 6) is -1.13. The molecule has 11 nitrogen and oxygen atoms in total. The topological polar surface area (TPSA) is 179 Å². The van der Waals surface area contributed by atoms with Crippen LogP contribution in [0.4, 0.5) is 0 Å². The van der Waals surface area contributed by atoms with Crippen molar-refractivity contribution in [2.45, 2.75) is 63.3 Å². The van der Waals surface area contributed by atoms with E-state index in [4.69, 9.17) is 13.9 Å². The predicted molar refractivity (Wildman–Crippen MR) is 180 cm³/mol. The second-order valence-corrected chi connectivity index (χ2v) is 12.2. The van der Waals surface area contributed by atoms with E-state index in [1.165, 1.54) is 47.7 Å². The maximum absolute atomic E-state index is 13.2. The van der Waals surface area contributed by atoms with Gasteiger partial charge in [-0.05, 0) is 72.7 Å². The Hall–Kier alpha value is -4.52. The van der Waals surface area contributed by atoms with Gasteiger partial charge in [-0.1, -0.05) is 62.4 Å². The van der Waals surface area contributed by atoms with E-state index in [0.29, 0.717) is 18.0 Å². The fourth-order valence-electron chi connectivity index (χ4n) is 5.80. The number of fused-ring (bicyclic) bond motifs is 1. The SMILES string of the molecule is CCc1ccccc1C=CC[C@H](C)CCNC[C@@]1(O)[C@H](Oc2ccc3c(=O)c(-c4ccc(O)cc4)coc3c2)O[C@H](C(=O)O)[C@@H](O)[C@@H]1O. The van der Waals surface area contributed by atoms with Crippen LogP contribution >= 0.6 is 0 Å². The number of nitrogens with one attached hydrogen (secondary N) is 1. The number of hydrogen-bond acceptors (Lipinski definition) is 10. The van der Waals surface area contributed by atoms with Crippen molar-refractivity contribution in [2.24, 2.45) is 5.92 Å². The molecule has 0 saturated carbocycles. The molecule has 1 saturated heterocycles. The standard InChI is InChI=1S/C37H41NO10/c1-3-23-8-4-5-9-24(23)10-6-7-22(2)17-18-38-21-37(45)34(42)32(41)33(35(43)44)48-36(37)47-27-15-16-28-30(19-27)46-20-29(31(28)40)25-11-13-26(39)14-12-25/h4-6,8-16,19-20,22,32-34,36,38-39,41-42,45H,3,7,17-18,21H2,1-2H3,(H,43,44)/t22-,32+,33-,34-,36+,37-/m0/s1. The molecule has 0 spiro atoms.